The Kier molecular flexibility index (Phi) is 8.42. The van der Waals surface area contributed by atoms with Crippen LogP contribution in [0, 0.1) is 17.3 Å². The normalized spacial score (nSPS) is 26.6. The summed E-state index contributed by atoms with van der Waals surface area (Å²) in [5, 5.41) is 0. The van der Waals surface area contributed by atoms with Gasteiger partial charge in [-0.1, -0.05) is 45.4 Å². The van der Waals surface area contributed by atoms with Gasteiger partial charge in [-0.2, -0.15) is 0 Å². The average molecular weight is 424 g/mol. The monoisotopic (exact) mass is 424 g/mol. The molecule has 2 fully saturated rings. The van der Waals surface area contributed by atoms with Crippen molar-refractivity contribution in [1.29, 1.82) is 0 Å². The molecule has 6 nitrogen and oxygen atoms in total. The summed E-state index contributed by atoms with van der Waals surface area (Å²) in [4.78, 5) is 24.9. The molecule has 0 bridgehead atoms. The van der Waals surface area contributed by atoms with Gasteiger partial charge in [-0.3, -0.25) is 9.59 Å². The maximum atomic E-state index is 12.4. The summed E-state index contributed by atoms with van der Waals surface area (Å²) in [6.45, 7) is 10.5. The molecule has 1 aliphatic heterocycles. The molecule has 1 heterocycles. The van der Waals surface area contributed by atoms with Gasteiger partial charge in [0.2, 0.25) is 0 Å². The van der Waals surface area contributed by atoms with Gasteiger partial charge in [-0.05, 0) is 58.7 Å². The molecule has 0 aromatic carbocycles. The highest BCUT2D eigenvalue weighted by Crippen LogP contribution is 2.50. The van der Waals surface area contributed by atoms with Crippen LogP contribution < -0.4 is 0 Å². The van der Waals surface area contributed by atoms with E-state index in [9.17, 15) is 9.59 Å². The van der Waals surface area contributed by atoms with Crippen LogP contribution >= 0.6 is 0 Å². The Morgan fingerprint density at radius 3 is 1.87 bits per heavy atom. The SMILES string of the molecule is CC[C@H]1CC(C(=O)OC)(C(=O)OC)C[C@@H]1CCCCCCB1OC(C)(C)C(C)(C)O1. The summed E-state index contributed by atoms with van der Waals surface area (Å²) in [6, 6.07) is 0. The molecule has 0 spiro atoms. The van der Waals surface area contributed by atoms with E-state index in [-0.39, 0.29) is 18.3 Å². The fourth-order valence-electron chi connectivity index (χ4n) is 5.09. The van der Waals surface area contributed by atoms with Crippen LogP contribution in [0.1, 0.15) is 86.0 Å². The first-order valence-corrected chi connectivity index (χ1v) is 11.6. The van der Waals surface area contributed by atoms with Gasteiger partial charge in [0.05, 0.1) is 25.4 Å². The topological polar surface area (TPSA) is 71.1 Å². The van der Waals surface area contributed by atoms with Crippen molar-refractivity contribution >= 4 is 19.1 Å². The molecule has 0 aromatic heterocycles. The number of ether oxygens (including phenoxy) is 2. The number of unbranched alkanes of at least 4 members (excludes halogenated alkanes) is 3. The molecule has 1 saturated carbocycles. The van der Waals surface area contributed by atoms with Gasteiger partial charge in [-0.25, -0.2) is 0 Å². The summed E-state index contributed by atoms with van der Waals surface area (Å²) in [5.41, 5.74) is -1.65. The van der Waals surface area contributed by atoms with Crippen molar-refractivity contribution in [3.05, 3.63) is 0 Å². The lowest BCUT2D eigenvalue weighted by Crippen LogP contribution is -2.41. The van der Waals surface area contributed by atoms with Crippen molar-refractivity contribution in [3.8, 4) is 0 Å². The standard InChI is InChI=1S/C23H41BO6/c1-8-17-15-23(19(25)27-6,20(26)28-7)16-18(17)13-11-9-10-12-14-24-29-21(2,3)22(4,5)30-24/h17-18H,8-16H2,1-7H3/t17-,18-/m0/s1. The Bertz CT molecular complexity index is 571. The average Bonchev–Trinajstić information content (AvgIpc) is 3.17. The number of hydrogen-bond acceptors (Lipinski definition) is 6. The molecule has 1 aliphatic carbocycles. The summed E-state index contributed by atoms with van der Waals surface area (Å²) < 4.78 is 22.1. The van der Waals surface area contributed by atoms with Gasteiger partial charge in [0.15, 0.2) is 5.41 Å². The Balaban J connectivity index is 1.76. The largest absolute Gasteiger partial charge is 0.468 e. The van der Waals surface area contributed by atoms with Crippen LogP contribution in [0.3, 0.4) is 0 Å². The third kappa shape index (κ3) is 5.21. The van der Waals surface area contributed by atoms with E-state index in [0.717, 1.165) is 44.8 Å². The van der Waals surface area contributed by atoms with Crippen LogP contribution in [0.25, 0.3) is 0 Å². The number of carbonyl (C=O) groups is 2. The van der Waals surface area contributed by atoms with Gasteiger partial charge in [-0.15, -0.1) is 0 Å². The third-order valence-electron chi connectivity index (χ3n) is 7.63. The zero-order chi connectivity index (χ0) is 22.6. The molecule has 2 atom stereocenters. The van der Waals surface area contributed by atoms with E-state index in [1.807, 2.05) is 0 Å². The summed E-state index contributed by atoms with van der Waals surface area (Å²) in [7, 11) is 2.58. The highest BCUT2D eigenvalue weighted by molar-refractivity contribution is 6.45. The molecule has 0 unspecified atom stereocenters. The number of rotatable bonds is 10. The van der Waals surface area contributed by atoms with E-state index < -0.39 is 17.4 Å². The first-order valence-electron chi connectivity index (χ1n) is 11.6. The van der Waals surface area contributed by atoms with Crippen LogP contribution in [0.15, 0.2) is 0 Å². The highest BCUT2D eigenvalue weighted by atomic mass is 16.7. The second-order valence-corrected chi connectivity index (χ2v) is 10.1. The molecular formula is C23H41BO6. The second-order valence-electron chi connectivity index (χ2n) is 10.1. The van der Waals surface area contributed by atoms with Crippen molar-refractivity contribution < 1.29 is 28.4 Å². The van der Waals surface area contributed by atoms with Crippen molar-refractivity contribution in [3.63, 3.8) is 0 Å². The molecular weight excluding hydrogens is 383 g/mol. The fourth-order valence-corrected chi connectivity index (χ4v) is 5.09. The van der Waals surface area contributed by atoms with Crippen molar-refractivity contribution in [2.24, 2.45) is 17.3 Å². The van der Waals surface area contributed by atoms with Gasteiger partial charge >= 0.3 is 19.1 Å². The summed E-state index contributed by atoms with van der Waals surface area (Å²) >= 11 is 0. The van der Waals surface area contributed by atoms with Crippen LogP contribution in [-0.2, 0) is 28.4 Å². The van der Waals surface area contributed by atoms with Gasteiger partial charge < -0.3 is 18.8 Å². The predicted octanol–water partition coefficient (Wildman–Crippen LogP) is 4.80. The first kappa shape index (κ1) is 25.2. The van der Waals surface area contributed by atoms with E-state index in [2.05, 4.69) is 34.6 Å². The number of hydrogen-bond donors (Lipinski definition) is 0. The van der Waals surface area contributed by atoms with Crippen molar-refractivity contribution in [2.75, 3.05) is 14.2 Å². The zero-order valence-electron chi connectivity index (χ0n) is 20.0. The minimum atomic E-state index is -1.12. The molecule has 172 valence electrons. The van der Waals surface area contributed by atoms with Crippen LogP contribution in [-0.4, -0.2) is 44.5 Å². The van der Waals surface area contributed by atoms with Crippen LogP contribution in [0.5, 0.6) is 0 Å². The summed E-state index contributed by atoms with van der Waals surface area (Å²) in [6.07, 6.45) is 8.43. The molecule has 2 aliphatic rings. The molecule has 1 saturated heterocycles. The van der Waals surface area contributed by atoms with E-state index in [1.165, 1.54) is 14.2 Å². The third-order valence-corrected chi connectivity index (χ3v) is 7.63. The molecule has 0 aromatic rings. The lowest BCUT2D eigenvalue weighted by molar-refractivity contribution is -0.169. The Morgan fingerprint density at radius 2 is 1.37 bits per heavy atom. The van der Waals surface area contributed by atoms with E-state index in [4.69, 9.17) is 18.8 Å². The maximum Gasteiger partial charge on any atom is 0.457 e. The Hall–Kier alpha value is -1.08. The molecule has 0 radical (unpaired) electrons. The minimum Gasteiger partial charge on any atom is -0.468 e. The smallest absolute Gasteiger partial charge is 0.457 e. The van der Waals surface area contributed by atoms with Crippen LogP contribution in [0.2, 0.25) is 6.32 Å². The fraction of sp³-hybridized carbons (Fsp3) is 0.913. The summed E-state index contributed by atoms with van der Waals surface area (Å²) in [5.74, 6) is -0.181. The molecule has 30 heavy (non-hydrogen) atoms. The lowest BCUT2D eigenvalue weighted by atomic mass is 9.81. The molecule has 0 amide bonds. The maximum absolute atomic E-state index is 12.4. The second kappa shape index (κ2) is 10.0. The van der Waals surface area contributed by atoms with Crippen molar-refractivity contribution in [2.45, 2.75) is 104 Å². The predicted molar refractivity (Wildman–Crippen MR) is 117 cm³/mol. The van der Waals surface area contributed by atoms with E-state index in [1.54, 1.807) is 0 Å². The zero-order valence-corrected chi connectivity index (χ0v) is 20.0. The Morgan fingerprint density at radius 1 is 0.867 bits per heavy atom. The van der Waals surface area contributed by atoms with Gasteiger partial charge in [0.25, 0.3) is 0 Å². The van der Waals surface area contributed by atoms with Crippen LogP contribution in [0.4, 0.5) is 0 Å². The number of carbonyl (C=O) groups excluding carboxylic acids is 2. The Labute approximate surface area is 182 Å². The molecule has 0 N–H and O–H groups in total. The number of esters is 2. The van der Waals surface area contributed by atoms with Crippen molar-refractivity contribution in [1.82, 2.24) is 0 Å². The van der Waals surface area contributed by atoms with E-state index in [0.29, 0.717) is 24.7 Å². The number of methoxy groups -OCH3 is 2. The first-order chi connectivity index (χ1) is 14.0. The quantitative estimate of drug-likeness (QED) is 0.217. The van der Waals surface area contributed by atoms with Gasteiger partial charge in [0.1, 0.15) is 0 Å². The molecule has 2 rings (SSSR count). The van der Waals surface area contributed by atoms with Gasteiger partial charge in [0, 0.05) is 0 Å². The highest BCUT2D eigenvalue weighted by Gasteiger charge is 2.56. The molecule has 7 heteroatoms. The minimum absolute atomic E-state index is 0.116. The van der Waals surface area contributed by atoms with E-state index >= 15 is 0 Å². The lowest BCUT2D eigenvalue weighted by Gasteiger charge is -2.32.